The van der Waals surface area contributed by atoms with Gasteiger partial charge in [0.1, 0.15) is 0 Å². The molecule has 2 heterocycles. The summed E-state index contributed by atoms with van der Waals surface area (Å²) in [5.41, 5.74) is -0.221. The van der Waals surface area contributed by atoms with E-state index in [2.05, 4.69) is 10.5 Å². The number of nitrogens with zero attached hydrogens (tertiary/aromatic N) is 1. The van der Waals surface area contributed by atoms with Crippen molar-refractivity contribution in [2.75, 3.05) is 19.8 Å². The minimum atomic E-state index is -1.01. The second kappa shape index (κ2) is 7.25. The molecule has 132 valence electrons. The zero-order valence-corrected chi connectivity index (χ0v) is 14.1. The molecule has 3 rings (SSSR count). The van der Waals surface area contributed by atoms with Crippen LogP contribution in [0.1, 0.15) is 23.3 Å². The van der Waals surface area contributed by atoms with E-state index in [9.17, 15) is 14.7 Å². The number of ether oxygens (including phenoxy) is 1. The van der Waals surface area contributed by atoms with Crippen LogP contribution in [0.3, 0.4) is 0 Å². The summed E-state index contributed by atoms with van der Waals surface area (Å²) in [6, 6.07) is 8.48. The fourth-order valence-electron chi connectivity index (χ4n) is 2.73. The minimum absolute atomic E-state index is 0.0177. The number of carboxylic acids is 1. The van der Waals surface area contributed by atoms with Crippen molar-refractivity contribution in [3.05, 3.63) is 41.0 Å². The summed E-state index contributed by atoms with van der Waals surface area (Å²) in [4.78, 5) is 23.9. The Kier molecular flexibility index (Phi) is 5.06. The smallest absolute Gasteiger partial charge is 0.311 e. The molecule has 2 aromatic rings. The molecule has 0 unspecified atom stereocenters. The Hall–Kier alpha value is -2.38. The number of carbonyl (C=O) groups excluding carboxylic acids is 1. The maximum atomic E-state index is 12.3. The van der Waals surface area contributed by atoms with Gasteiger partial charge in [0.05, 0.1) is 5.41 Å². The van der Waals surface area contributed by atoms with Gasteiger partial charge in [-0.05, 0) is 25.0 Å². The summed E-state index contributed by atoms with van der Waals surface area (Å²) in [7, 11) is 0. The molecule has 0 aliphatic carbocycles. The summed E-state index contributed by atoms with van der Waals surface area (Å²) >= 11 is 5.94. The SMILES string of the molecule is O=C(NCC1(C(=O)O)CCOCC1)c1cc(-c2cccc(Cl)c2)on1. The number of aliphatic carboxylic acids is 1. The predicted octanol–water partition coefficient (Wildman–Crippen LogP) is 2.61. The van der Waals surface area contributed by atoms with E-state index in [4.69, 9.17) is 20.9 Å². The second-order valence-corrected chi connectivity index (χ2v) is 6.40. The van der Waals surface area contributed by atoms with Crippen molar-refractivity contribution in [1.82, 2.24) is 10.5 Å². The van der Waals surface area contributed by atoms with Crippen molar-refractivity contribution in [3.8, 4) is 11.3 Å². The molecule has 0 atom stereocenters. The van der Waals surface area contributed by atoms with E-state index in [0.29, 0.717) is 42.4 Å². The first kappa shape index (κ1) is 17.4. The molecular formula is C17H17ClN2O5. The minimum Gasteiger partial charge on any atom is -0.481 e. The molecule has 2 N–H and O–H groups in total. The predicted molar refractivity (Wildman–Crippen MR) is 89.4 cm³/mol. The first-order chi connectivity index (χ1) is 12.0. The third-order valence-corrected chi connectivity index (χ3v) is 4.58. The molecule has 7 nitrogen and oxygen atoms in total. The maximum Gasteiger partial charge on any atom is 0.311 e. The lowest BCUT2D eigenvalue weighted by Gasteiger charge is -2.32. The molecule has 1 aromatic heterocycles. The molecule has 8 heteroatoms. The van der Waals surface area contributed by atoms with Gasteiger partial charge in [0.25, 0.3) is 5.91 Å². The van der Waals surface area contributed by atoms with Crippen LogP contribution in [-0.2, 0) is 9.53 Å². The standard InChI is InChI=1S/C17H17ClN2O5/c18-12-3-1-2-11(8-12)14-9-13(20-25-14)15(21)19-10-17(16(22)23)4-6-24-7-5-17/h1-3,8-9H,4-7,10H2,(H,19,21)(H,22,23). The van der Waals surface area contributed by atoms with Gasteiger partial charge in [-0.1, -0.05) is 28.9 Å². The van der Waals surface area contributed by atoms with Crippen LogP contribution in [0, 0.1) is 5.41 Å². The zero-order chi connectivity index (χ0) is 17.9. The lowest BCUT2D eigenvalue weighted by Crippen LogP contribution is -2.46. The van der Waals surface area contributed by atoms with Crippen LogP contribution in [-0.4, -0.2) is 41.9 Å². The van der Waals surface area contributed by atoms with Gasteiger partial charge in [0.2, 0.25) is 0 Å². The van der Waals surface area contributed by atoms with Gasteiger partial charge in [-0.2, -0.15) is 0 Å². The molecule has 0 bridgehead atoms. The van der Waals surface area contributed by atoms with E-state index in [1.165, 1.54) is 6.07 Å². The summed E-state index contributed by atoms with van der Waals surface area (Å²) < 4.78 is 10.4. The molecule has 1 fully saturated rings. The number of rotatable bonds is 5. The summed E-state index contributed by atoms with van der Waals surface area (Å²) in [6.07, 6.45) is 0.713. The highest BCUT2D eigenvalue weighted by Gasteiger charge is 2.40. The van der Waals surface area contributed by atoms with Gasteiger partial charge >= 0.3 is 5.97 Å². The fraction of sp³-hybridized carbons (Fsp3) is 0.353. The third kappa shape index (κ3) is 3.83. The number of aromatic nitrogens is 1. The Morgan fingerprint density at radius 1 is 1.28 bits per heavy atom. The highest BCUT2D eigenvalue weighted by Crippen LogP contribution is 2.30. The number of hydrogen-bond acceptors (Lipinski definition) is 5. The molecule has 0 saturated carbocycles. The molecule has 1 aliphatic heterocycles. The van der Waals surface area contributed by atoms with Crippen LogP contribution < -0.4 is 5.32 Å². The first-order valence-electron chi connectivity index (χ1n) is 7.82. The Labute approximate surface area is 148 Å². The number of carboxylic acid groups (broad SMARTS) is 1. The normalized spacial score (nSPS) is 16.4. The van der Waals surface area contributed by atoms with Gasteiger partial charge < -0.3 is 19.7 Å². The van der Waals surface area contributed by atoms with E-state index in [-0.39, 0.29) is 12.2 Å². The van der Waals surface area contributed by atoms with Crippen molar-refractivity contribution >= 4 is 23.5 Å². The average molecular weight is 365 g/mol. The molecule has 1 amide bonds. The van der Waals surface area contributed by atoms with E-state index < -0.39 is 17.3 Å². The van der Waals surface area contributed by atoms with Crippen LogP contribution in [0.5, 0.6) is 0 Å². The number of benzene rings is 1. The summed E-state index contributed by atoms with van der Waals surface area (Å²) in [5, 5.41) is 16.4. The molecule has 1 aromatic carbocycles. The Morgan fingerprint density at radius 2 is 2.04 bits per heavy atom. The number of nitrogens with one attached hydrogen (secondary N) is 1. The lowest BCUT2D eigenvalue weighted by atomic mass is 9.80. The summed E-state index contributed by atoms with van der Waals surface area (Å²) in [6.45, 7) is 0.750. The number of hydrogen-bond donors (Lipinski definition) is 2. The first-order valence-corrected chi connectivity index (χ1v) is 8.20. The largest absolute Gasteiger partial charge is 0.481 e. The van der Waals surface area contributed by atoms with Gasteiger partial charge in [0, 0.05) is 36.4 Å². The van der Waals surface area contributed by atoms with Crippen molar-refractivity contribution < 1.29 is 24.0 Å². The van der Waals surface area contributed by atoms with Gasteiger partial charge in [-0.3, -0.25) is 9.59 Å². The molecule has 1 aliphatic rings. The average Bonchev–Trinajstić information content (AvgIpc) is 3.10. The number of amides is 1. The van der Waals surface area contributed by atoms with Crippen molar-refractivity contribution in [3.63, 3.8) is 0 Å². The van der Waals surface area contributed by atoms with Gasteiger partial charge in [-0.25, -0.2) is 0 Å². The van der Waals surface area contributed by atoms with Crippen LogP contribution in [0.25, 0.3) is 11.3 Å². The van der Waals surface area contributed by atoms with Gasteiger partial charge in [0.15, 0.2) is 11.5 Å². The highest BCUT2D eigenvalue weighted by atomic mass is 35.5. The third-order valence-electron chi connectivity index (χ3n) is 4.34. The summed E-state index contributed by atoms with van der Waals surface area (Å²) in [5.74, 6) is -1.01. The van der Waals surface area contributed by atoms with E-state index in [1.807, 2.05) is 0 Å². The van der Waals surface area contributed by atoms with E-state index in [1.54, 1.807) is 24.3 Å². The molecule has 0 spiro atoms. The van der Waals surface area contributed by atoms with E-state index >= 15 is 0 Å². The monoisotopic (exact) mass is 364 g/mol. The molecule has 25 heavy (non-hydrogen) atoms. The Balaban J connectivity index is 1.68. The van der Waals surface area contributed by atoms with Crippen LogP contribution in [0.15, 0.2) is 34.9 Å². The lowest BCUT2D eigenvalue weighted by molar-refractivity contribution is -0.154. The van der Waals surface area contributed by atoms with Crippen molar-refractivity contribution in [2.45, 2.75) is 12.8 Å². The van der Waals surface area contributed by atoms with Crippen molar-refractivity contribution in [1.29, 1.82) is 0 Å². The topological polar surface area (TPSA) is 102 Å². The number of carbonyl (C=O) groups is 2. The van der Waals surface area contributed by atoms with Crippen LogP contribution in [0.2, 0.25) is 5.02 Å². The molecule has 1 saturated heterocycles. The van der Waals surface area contributed by atoms with Crippen LogP contribution in [0.4, 0.5) is 0 Å². The van der Waals surface area contributed by atoms with Gasteiger partial charge in [-0.15, -0.1) is 0 Å². The quantitative estimate of drug-likeness (QED) is 0.845. The van der Waals surface area contributed by atoms with E-state index in [0.717, 1.165) is 0 Å². The Bertz CT molecular complexity index is 783. The number of halogens is 1. The molecule has 0 radical (unpaired) electrons. The van der Waals surface area contributed by atoms with Crippen molar-refractivity contribution in [2.24, 2.45) is 5.41 Å². The second-order valence-electron chi connectivity index (χ2n) is 5.97. The maximum absolute atomic E-state index is 12.3. The van der Waals surface area contributed by atoms with Crippen LogP contribution >= 0.6 is 11.6 Å². The molecular weight excluding hydrogens is 348 g/mol. The highest BCUT2D eigenvalue weighted by molar-refractivity contribution is 6.30. The fourth-order valence-corrected chi connectivity index (χ4v) is 2.92. The zero-order valence-electron chi connectivity index (χ0n) is 13.3. The Morgan fingerprint density at radius 3 is 2.72 bits per heavy atom.